The molecule has 0 aliphatic carbocycles. The lowest BCUT2D eigenvalue weighted by Gasteiger charge is -2.26. The van der Waals surface area contributed by atoms with Gasteiger partial charge in [0.2, 0.25) is 0 Å². The molecule has 1 amide bonds. The van der Waals surface area contributed by atoms with Gasteiger partial charge < -0.3 is 9.80 Å². The molecule has 2 aromatic heterocycles. The fourth-order valence-electron chi connectivity index (χ4n) is 3.73. The molecular weight excluding hydrogens is 400 g/mol. The van der Waals surface area contributed by atoms with Gasteiger partial charge in [0.1, 0.15) is 0 Å². The maximum Gasteiger partial charge on any atom is 0.261 e. The van der Waals surface area contributed by atoms with E-state index < -0.39 is 0 Å². The number of thiophene rings is 2. The van der Waals surface area contributed by atoms with Crippen molar-refractivity contribution in [1.29, 1.82) is 0 Å². The Hall–Kier alpha value is -2.18. The van der Waals surface area contributed by atoms with Crippen LogP contribution in [0.2, 0.25) is 0 Å². The maximum absolute atomic E-state index is 13.7. The van der Waals surface area contributed by atoms with Crippen molar-refractivity contribution in [2.45, 2.75) is 27.7 Å². The minimum atomic E-state index is -0.0804. The van der Waals surface area contributed by atoms with Crippen LogP contribution < -0.4 is 0 Å². The summed E-state index contributed by atoms with van der Waals surface area (Å²) in [5, 5.41) is 3.99. The number of rotatable bonds is 8. The Labute approximate surface area is 181 Å². The summed E-state index contributed by atoms with van der Waals surface area (Å²) >= 11 is 3.15. The molecule has 1 aliphatic rings. The molecule has 0 unspecified atom stereocenters. The van der Waals surface area contributed by atoms with Crippen LogP contribution in [0.3, 0.4) is 0 Å². The number of carbonyl (C=O) groups is 2. The van der Waals surface area contributed by atoms with E-state index in [0.717, 1.165) is 34.0 Å². The third kappa shape index (κ3) is 4.38. The molecule has 2 aromatic rings. The van der Waals surface area contributed by atoms with Crippen molar-refractivity contribution in [2.75, 3.05) is 20.1 Å². The molecule has 29 heavy (non-hydrogen) atoms. The van der Waals surface area contributed by atoms with Crippen LogP contribution in [-0.4, -0.2) is 42.1 Å². The number of nitrogens with zero attached hydrogens (tertiary/aromatic N) is 2. The number of aldehydes is 1. The third-order valence-corrected chi connectivity index (χ3v) is 6.44. The lowest BCUT2D eigenvalue weighted by molar-refractivity contribution is -0.123. The van der Waals surface area contributed by atoms with Crippen molar-refractivity contribution in [3.63, 3.8) is 0 Å². The van der Waals surface area contributed by atoms with E-state index in [1.165, 1.54) is 0 Å². The standard InChI is InChI=1S/C23H28N2O2S2/c1-15(2)12-24(5)22(19-9-7-11-29-19)20-17(14-26)21(18-8-6-10-28-18)25(23(20)27)13-16(3)4/h6-11,14-16H,12-13H2,1-5H3/b22-20+. The summed E-state index contributed by atoms with van der Waals surface area (Å²) in [5.41, 5.74) is 2.61. The van der Waals surface area contributed by atoms with Gasteiger partial charge in [-0.2, -0.15) is 0 Å². The van der Waals surface area contributed by atoms with Crippen LogP contribution in [0, 0.1) is 11.8 Å². The quantitative estimate of drug-likeness (QED) is 0.428. The van der Waals surface area contributed by atoms with Gasteiger partial charge in [-0.25, -0.2) is 0 Å². The normalized spacial score (nSPS) is 16.4. The van der Waals surface area contributed by atoms with Gasteiger partial charge in [-0.1, -0.05) is 39.8 Å². The summed E-state index contributed by atoms with van der Waals surface area (Å²) in [6.07, 6.45) is 0.861. The molecule has 0 aromatic carbocycles. The highest BCUT2D eigenvalue weighted by Gasteiger charge is 2.39. The molecular formula is C23H28N2O2S2. The largest absolute Gasteiger partial charge is 0.373 e. The number of hydrogen-bond acceptors (Lipinski definition) is 5. The second-order valence-electron chi connectivity index (χ2n) is 8.14. The summed E-state index contributed by atoms with van der Waals surface area (Å²) in [5.74, 6) is 0.641. The minimum absolute atomic E-state index is 0.0804. The average Bonchev–Trinajstić information content (AvgIpc) is 3.38. The van der Waals surface area contributed by atoms with Crippen molar-refractivity contribution in [3.05, 3.63) is 55.9 Å². The number of carbonyl (C=O) groups excluding carboxylic acids is 2. The van der Waals surface area contributed by atoms with Crippen LogP contribution in [0.5, 0.6) is 0 Å². The van der Waals surface area contributed by atoms with Gasteiger partial charge in [0.05, 0.1) is 32.3 Å². The average molecular weight is 429 g/mol. The summed E-state index contributed by atoms with van der Waals surface area (Å²) < 4.78 is 0. The van der Waals surface area contributed by atoms with Crippen molar-refractivity contribution in [1.82, 2.24) is 9.80 Å². The summed E-state index contributed by atoms with van der Waals surface area (Å²) in [4.78, 5) is 31.9. The molecule has 0 fully saturated rings. The molecule has 4 nitrogen and oxygen atoms in total. The summed E-state index contributed by atoms with van der Waals surface area (Å²) in [6, 6.07) is 7.95. The van der Waals surface area contributed by atoms with Gasteiger partial charge >= 0.3 is 0 Å². The molecule has 0 radical (unpaired) electrons. The first-order chi connectivity index (χ1) is 13.8. The van der Waals surface area contributed by atoms with Gasteiger partial charge in [-0.3, -0.25) is 9.59 Å². The monoisotopic (exact) mass is 428 g/mol. The lowest BCUT2D eigenvalue weighted by atomic mass is 10.0. The highest BCUT2D eigenvalue weighted by Crippen LogP contribution is 2.42. The Morgan fingerprint density at radius 1 is 1.10 bits per heavy atom. The van der Waals surface area contributed by atoms with Crippen LogP contribution in [0.25, 0.3) is 11.4 Å². The van der Waals surface area contributed by atoms with Crippen molar-refractivity contribution in [3.8, 4) is 0 Å². The van der Waals surface area contributed by atoms with Gasteiger partial charge in [0, 0.05) is 20.1 Å². The predicted octanol–water partition coefficient (Wildman–Crippen LogP) is 5.22. The third-order valence-electron chi connectivity index (χ3n) is 4.69. The van der Waals surface area contributed by atoms with Gasteiger partial charge in [-0.15, -0.1) is 22.7 Å². The maximum atomic E-state index is 13.7. The van der Waals surface area contributed by atoms with E-state index in [-0.39, 0.29) is 5.91 Å². The van der Waals surface area contributed by atoms with Crippen molar-refractivity contribution in [2.24, 2.45) is 11.8 Å². The first kappa shape index (κ1) is 21.5. The first-order valence-corrected chi connectivity index (χ1v) is 11.7. The molecule has 0 bridgehead atoms. The predicted molar refractivity (Wildman–Crippen MR) is 123 cm³/mol. The zero-order valence-corrected chi connectivity index (χ0v) is 19.3. The van der Waals surface area contributed by atoms with Crippen LogP contribution in [0.4, 0.5) is 0 Å². The number of hydrogen-bond donors (Lipinski definition) is 0. The van der Waals surface area contributed by atoms with Crippen LogP contribution in [0.15, 0.2) is 46.2 Å². The van der Waals surface area contributed by atoms with Gasteiger partial charge in [-0.05, 0) is 34.7 Å². The van der Waals surface area contributed by atoms with E-state index >= 15 is 0 Å². The summed E-state index contributed by atoms with van der Waals surface area (Å²) in [7, 11) is 2.01. The van der Waals surface area contributed by atoms with E-state index in [0.29, 0.717) is 29.5 Å². The van der Waals surface area contributed by atoms with E-state index in [2.05, 4.69) is 32.6 Å². The second kappa shape index (κ2) is 9.09. The van der Waals surface area contributed by atoms with E-state index in [9.17, 15) is 9.59 Å². The first-order valence-electron chi connectivity index (χ1n) is 9.90. The fraction of sp³-hybridized carbons (Fsp3) is 0.391. The van der Waals surface area contributed by atoms with Gasteiger partial charge in [0.15, 0.2) is 6.29 Å². The minimum Gasteiger partial charge on any atom is -0.373 e. The molecule has 6 heteroatoms. The van der Waals surface area contributed by atoms with E-state index in [1.54, 1.807) is 27.6 Å². The van der Waals surface area contributed by atoms with Crippen LogP contribution >= 0.6 is 22.7 Å². The van der Waals surface area contributed by atoms with Crippen LogP contribution in [0.1, 0.15) is 37.4 Å². The van der Waals surface area contributed by atoms with Crippen molar-refractivity contribution < 1.29 is 9.59 Å². The molecule has 0 atom stereocenters. The molecule has 3 rings (SSSR count). The molecule has 3 heterocycles. The highest BCUT2D eigenvalue weighted by molar-refractivity contribution is 7.11. The SMILES string of the molecule is CC(C)CN1C(=O)/C(=C(\c2cccs2)N(C)CC(C)C)C(C=O)=C1c1cccs1. The number of amides is 1. The Morgan fingerprint density at radius 2 is 1.79 bits per heavy atom. The Kier molecular flexibility index (Phi) is 6.75. The van der Waals surface area contributed by atoms with Crippen LogP contribution in [-0.2, 0) is 9.59 Å². The van der Waals surface area contributed by atoms with Crippen molar-refractivity contribution >= 4 is 46.3 Å². The summed E-state index contributed by atoms with van der Waals surface area (Å²) in [6.45, 7) is 9.87. The Balaban J connectivity index is 2.28. The zero-order chi connectivity index (χ0) is 21.1. The topological polar surface area (TPSA) is 40.6 Å². The second-order valence-corrected chi connectivity index (χ2v) is 10.0. The Morgan fingerprint density at radius 3 is 2.31 bits per heavy atom. The fourth-order valence-corrected chi connectivity index (χ4v) is 5.36. The molecule has 154 valence electrons. The van der Waals surface area contributed by atoms with E-state index in [1.807, 2.05) is 42.1 Å². The highest BCUT2D eigenvalue weighted by atomic mass is 32.1. The Bertz CT molecular complexity index is 922. The molecule has 0 N–H and O–H groups in total. The molecule has 0 spiro atoms. The van der Waals surface area contributed by atoms with E-state index in [4.69, 9.17) is 0 Å². The zero-order valence-electron chi connectivity index (χ0n) is 17.6. The molecule has 1 aliphatic heterocycles. The molecule has 0 saturated carbocycles. The van der Waals surface area contributed by atoms with Gasteiger partial charge in [0.25, 0.3) is 5.91 Å². The lowest BCUT2D eigenvalue weighted by Crippen LogP contribution is -2.31. The molecule has 0 saturated heterocycles. The smallest absolute Gasteiger partial charge is 0.261 e.